The quantitative estimate of drug-likeness (QED) is 0.530. The molecule has 1 aromatic heterocycles. The van der Waals surface area contributed by atoms with Crippen LogP contribution in [0.2, 0.25) is 0 Å². The monoisotopic (exact) mass is 355 g/mol. The number of methoxy groups -OCH3 is 1. The number of rotatable bonds is 2. The predicted octanol–water partition coefficient (Wildman–Crippen LogP) is 5.30. The molecule has 2 heterocycles. The molecule has 0 spiro atoms. The smallest absolute Gasteiger partial charge is 0.147 e. The normalized spacial score (nSPS) is 15.1. The molecule has 1 atom stereocenters. The number of para-hydroxylation sites is 1. The summed E-state index contributed by atoms with van der Waals surface area (Å²) in [6.07, 6.45) is -0.0712. The van der Waals surface area contributed by atoms with Gasteiger partial charge < -0.3 is 10.1 Å². The highest BCUT2D eigenvalue weighted by Gasteiger charge is 2.28. The third-order valence-corrected chi connectivity index (χ3v) is 5.36. The molecule has 3 aromatic carbocycles. The van der Waals surface area contributed by atoms with E-state index in [0.29, 0.717) is 0 Å². The van der Waals surface area contributed by atoms with Gasteiger partial charge in [0.1, 0.15) is 11.9 Å². The second-order valence-corrected chi connectivity index (χ2v) is 7.06. The highest BCUT2D eigenvalue weighted by molar-refractivity contribution is 5.92. The van der Waals surface area contributed by atoms with Crippen LogP contribution in [0.5, 0.6) is 5.75 Å². The van der Waals surface area contributed by atoms with E-state index in [2.05, 4.69) is 65.5 Å². The van der Waals surface area contributed by atoms with Crippen LogP contribution in [0, 0.1) is 13.8 Å². The number of aromatic nitrogens is 2. The largest absolute Gasteiger partial charge is 0.496 e. The first kappa shape index (κ1) is 15.9. The summed E-state index contributed by atoms with van der Waals surface area (Å²) in [6, 6.07) is 21.1. The number of ether oxygens (including phenoxy) is 1. The lowest BCUT2D eigenvalue weighted by Gasteiger charge is -2.31. The highest BCUT2D eigenvalue weighted by Crippen LogP contribution is 2.42. The average Bonchev–Trinajstić information content (AvgIpc) is 3.09. The molecule has 0 aliphatic carbocycles. The van der Waals surface area contributed by atoms with E-state index in [1.807, 2.05) is 19.1 Å². The van der Waals surface area contributed by atoms with E-state index >= 15 is 0 Å². The van der Waals surface area contributed by atoms with Gasteiger partial charge in [-0.2, -0.15) is 5.10 Å². The van der Waals surface area contributed by atoms with E-state index < -0.39 is 0 Å². The van der Waals surface area contributed by atoms with Crippen molar-refractivity contribution < 1.29 is 4.74 Å². The topological polar surface area (TPSA) is 39.1 Å². The van der Waals surface area contributed by atoms with Crippen LogP contribution in [0.25, 0.3) is 22.0 Å². The fraction of sp³-hybridized carbons (Fsp3) is 0.174. The van der Waals surface area contributed by atoms with Crippen LogP contribution in [0.1, 0.15) is 23.0 Å². The first-order chi connectivity index (χ1) is 13.2. The molecule has 0 saturated heterocycles. The van der Waals surface area contributed by atoms with Crippen molar-refractivity contribution in [3.63, 3.8) is 0 Å². The Morgan fingerprint density at radius 2 is 1.78 bits per heavy atom. The number of benzene rings is 3. The Labute approximate surface area is 158 Å². The molecular weight excluding hydrogens is 334 g/mol. The Balaban J connectivity index is 1.78. The lowest BCUT2D eigenvalue weighted by molar-refractivity contribution is 0.419. The van der Waals surface area contributed by atoms with Gasteiger partial charge in [-0.25, -0.2) is 4.68 Å². The van der Waals surface area contributed by atoms with Gasteiger partial charge in [0.25, 0.3) is 0 Å². The molecule has 0 radical (unpaired) electrons. The number of hydrogen-bond acceptors (Lipinski definition) is 3. The summed E-state index contributed by atoms with van der Waals surface area (Å²) in [5, 5.41) is 10.8. The summed E-state index contributed by atoms with van der Waals surface area (Å²) in [5.41, 5.74) is 6.96. The summed E-state index contributed by atoms with van der Waals surface area (Å²) < 4.78 is 7.68. The first-order valence-electron chi connectivity index (χ1n) is 9.15. The minimum absolute atomic E-state index is 0.0712. The van der Waals surface area contributed by atoms with Crippen molar-refractivity contribution in [3.8, 4) is 17.0 Å². The number of hydrogen-bond donors (Lipinski definition) is 1. The van der Waals surface area contributed by atoms with Crippen molar-refractivity contribution in [2.75, 3.05) is 12.4 Å². The zero-order valence-corrected chi connectivity index (χ0v) is 15.7. The molecule has 0 amide bonds. The van der Waals surface area contributed by atoms with E-state index in [1.54, 1.807) is 7.11 Å². The van der Waals surface area contributed by atoms with Gasteiger partial charge in [-0.1, -0.05) is 48.5 Å². The zero-order valence-electron chi connectivity index (χ0n) is 15.7. The van der Waals surface area contributed by atoms with Gasteiger partial charge >= 0.3 is 0 Å². The Kier molecular flexibility index (Phi) is 3.47. The second kappa shape index (κ2) is 5.88. The van der Waals surface area contributed by atoms with Gasteiger partial charge in [-0.15, -0.1) is 0 Å². The van der Waals surface area contributed by atoms with Crippen molar-refractivity contribution in [2.24, 2.45) is 0 Å². The van der Waals surface area contributed by atoms with Crippen LogP contribution < -0.4 is 10.1 Å². The molecule has 27 heavy (non-hydrogen) atoms. The van der Waals surface area contributed by atoms with Crippen LogP contribution in [0.15, 0.2) is 60.7 Å². The molecule has 4 heteroatoms. The summed E-state index contributed by atoms with van der Waals surface area (Å²) in [4.78, 5) is 0. The fourth-order valence-electron chi connectivity index (χ4n) is 4.11. The Bertz CT molecular complexity index is 1180. The predicted molar refractivity (Wildman–Crippen MR) is 109 cm³/mol. The van der Waals surface area contributed by atoms with E-state index in [0.717, 1.165) is 22.5 Å². The maximum Gasteiger partial charge on any atom is 0.147 e. The molecule has 0 bridgehead atoms. The lowest BCUT2D eigenvalue weighted by atomic mass is 9.97. The molecule has 1 aliphatic heterocycles. The molecule has 1 aliphatic rings. The molecular formula is C23H21N3O. The maximum atomic E-state index is 5.58. The number of anilines is 1. The van der Waals surface area contributed by atoms with E-state index in [-0.39, 0.29) is 6.17 Å². The van der Waals surface area contributed by atoms with Crippen molar-refractivity contribution >= 4 is 16.5 Å². The Morgan fingerprint density at radius 1 is 0.963 bits per heavy atom. The minimum Gasteiger partial charge on any atom is -0.496 e. The Hall–Kier alpha value is -3.27. The van der Waals surface area contributed by atoms with Crippen LogP contribution in [0.4, 0.5) is 5.69 Å². The van der Waals surface area contributed by atoms with Crippen molar-refractivity contribution in [3.05, 3.63) is 77.5 Å². The van der Waals surface area contributed by atoms with Gasteiger partial charge in [0.05, 0.1) is 18.5 Å². The number of nitrogens with zero attached hydrogens (tertiary/aromatic N) is 2. The van der Waals surface area contributed by atoms with Crippen LogP contribution in [-0.4, -0.2) is 16.9 Å². The van der Waals surface area contributed by atoms with E-state index in [4.69, 9.17) is 9.84 Å². The van der Waals surface area contributed by atoms with Crippen molar-refractivity contribution in [2.45, 2.75) is 20.0 Å². The molecule has 0 saturated carbocycles. The molecule has 5 rings (SSSR count). The molecule has 1 N–H and O–H groups in total. The highest BCUT2D eigenvalue weighted by atomic mass is 16.5. The zero-order chi connectivity index (χ0) is 18.5. The number of aryl methyl sites for hydroxylation is 2. The number of fused-ring (bicyclic) bond motifs is 4. The van der Waals surface area contributed by atoms with Gasteiger partial charge in [-0.3, -0.25) is 0 Å². The maximum absolute atomic E-state index is 5.58. The molecule has 0 fully saturated rings. The molecule has 1 unspecified atom stereocenters. The standard InChI is InChI=1S/C23H21N3O/c1-14-7-6-10-19-20-13-15(2)25-26(20)23(24-22(14)19)18-11-12-21(27-3)17-9-5-4-8-16(17)18/h4-13,23-24H,1-3H3. The van der Waals surface area contributed by atoms with Crippen molar-refractivity contribution in [1.82, 2.24) is 9.78 Å². The van der Waals surface area contributed by atoms with Crippen LogP contribution in [-0.2, 0) is 0 Å². The van der Waals surface area contributed by atoms with Gasteiger partial charge in [0, 0.05) is 22.2 Å². The third-order valence-electron chi connectivity index (χ3n) is 5.36. The fourth-order valence-corrected chi connectivity index (χ4v) is 4.11. The van der Waals surface area contributed by atoms with Gasteiger partial charge in [0.15, 0.2) is 0 Å². The molecule has 4 nitrogen and oxygen atoms in total. The minimum atomic E-state index is -0.0712. The third kappa shape index (κ3) is 2.33. The SMILES string of the molecule is COc1ccc(C2Nc3c(C)cccc3-c3cc(C)nn32)c2ccccc12. The molecule has 134 valence electrons. The number of nitrogens with one attached hydrogen (secondary N) is 1. The lowest BCUT2D eigenvalue weighted by Crippen LogP contribution is -2.26. The summed E-state index contributed by atoms with van der Waals surface area (Å²) >= 11 is 0. The van der Waals surface area contributed by atoms with Gasteiger partial charge in [-0.05, 0) is 36.9 Å². The molecule has 4 aromatic rings. The average molecular weight is 355 g/mol. The summed E-state index contributed by atoms with van der Waals surface area (Å²) in [5.74, 6) is 0.888. The summed E-state index contributed by atoms with van der Waals surface area (Å²) in [6.45, 7) is 4.19. The summed E-state index contributed by atoms with van der Waals surface area (Å²) in [7, 11) is 1.72. The van der Waals surface area contributed by atoms with E-state index in [9.17, 15) is 0 Å². The van der Waals surface area contributed by atoms with E-state index in [1.165, 1.54) is 27.8 Å². The van der Waals surface area contributed by atoms with Crippen LogP contribution >= 0.6 is 0 Å². The Morgan fingerprint density at radius 3 is 2.59 bits per heavy atom. The second-order valence-electron chi connectivity index (χ2n) is 7.06. The van der Waals surface area contributed by atoms with Gasteiger partial charge in [0.2, 0.25) is 0 Å². The van der Waals surface area contributed by atoms with Crippen molar-refractivity contribution in [1.29, 1.82) is 0 Å². The van der Waals surface area contributed by atoms with Crippen LogP contribution in [0.3, 0.4) is 0 Å². The first-order valence-corrected chi connectivity index (χ1v) is 9.15.